The number of anilines is 1. The molecule has 32 heavy (non-hydrogen) atoms. The van der Waals surface area contributed by atoms with Gasteiger partial charge in [-0.25, -0.2) is 31.1 Å². The van der Waals surface area contributed by atoms with E-state index in [1.54, 1.807) is 16.7 Å². The highest BCUT2D eigenvalue weighted by Gasteiger charge is 2.40. The van der Waals surface area contributed by atoms with E-state index in [2.05, 4.69) is 19.9 Å². The number of pyridine rings is 1. The smallest absolute Gasteiger partial charge is 0.291 e. The van der Waals surface area contributed by atoms with Crippen LogP contribution in [0.15, 0.2) is 23.4 Å². The molecule has 0 spiro atoms. The Bertz CT molecular complexity index is 1330. The molecular weight excluding hydrogens is 482 g/mol. The summed E-state index contributed by atoms with van der Waals surface area (Å²) in [6.07, 6.45) is 3.48. The first-order valence-electron chi connectivity index (χ1n) is 9.80. The van der Waals surface area contributed by atoms with E-state index >= 15 is 0 Å². The standard InChI is InChI=1S/C18H20F2N6O3S3/c1-18(3-4-18)24-31(27)10-5-12(25-8-11(9-25)32(2,28)29)15-21-6-13(26(15)7-10)16-22-23-17(30-16)14(19)20/h5-7,11,14,24H,3-4,8-9H2,1-2H3. The Kier molecular flexibility index (Phi) is 5.11. The molecule has 0 radical (unpaired) electrons. The van der Waals surface area contributed by atoms with Crippen LogP contribution in [0, 0.1) is 0 Å². The van der Waals surface area contributed by atoms with E-state index in [1.807, 2.05) is 11.8 Å². The highest BCUT2D eigenvalue weighted by atomic mass is 32.2. The molecule has 3 aromatic rings. The van der Waals surface area contributed by atoms with Crippen molar-refractivity contribution in [1.29, 1.82) is 0 Å². The van der Waals surface area contributed by atoms with E-state index in [0.29, 0.717) is 35.0 Å². The zero-order valence-electron chi connectivity index (χ0n) is 17.2. The van der Waals surface area contributed by atoms with Crippen molar-refractivity contribution in [2.45, 2.75) is 41.9 Å². The third kappa shape index (κ3) is 3.93. The van der Waals surface area contributed by atoms with Gasteiger partial charge in [-0.15, -0.1) is 10.2 Å². The van der Waals surface area contributed by atoms with Crippen LogP contribution in [0.25, 0.3) is 16.3 Å². The summed E-state index contributed by atoms with van der Waals surface area (Å²) in [5.74, 6) is 0. The number of fused-ring (bicyclic) bond motifs is 1. The fourth-order valence-electron chi connectivity index (χ4n) is 3.44. The Morgan fingerprint density at radius 1 is 1.31 bits per heavy atom. The molecule has 1 saturated heterocycles. The lowest BCUT2D eigenvalue weighted by atomic mass is 10.2. The van der Waals surface area contributed by atoms with Crippen LogP contribution in [0.4, 0.5) is 14.5 Å². The maximum absolute atomic E-state index is 13.0. The van der Waals surface area contributed by atoms with E-state index in [-0.39, 0.29) is 10.5 Å². The van der Waals surface area contributed by atoms with Gasteiger partial charge in [0.15, 0.2) is 25.5 Å². The van der Waals surface area contributed by atoms with Gasteiger partial charge in [-0.2, -0.15) is 0 Å². The SMILES string of the molecule is CC1(NS(=O)c2cc(N3CC(S(C)(=O)=O)C3)c3ncc(-c4nnc(C(F)F)s4)n3c2)CC1. The van der Waals surface area contributed by atoms with Crippen molar-refractivity contribution in [3.63, 3.8) is 0 Å². The lowest BCUT2D eigenvalue weighted by Gasteiger charge is -2.39. The molecule has 9 nitrogen and oxygen atoms in total. The first-order valence-corrected chi connectivity index (χ1v) is 13.7. The van der Waals surface area contributed by atoms with Gasteiger partial charge in [0.05, 0.1) is 22.0 Å². The van der Waals surface area contributed by atoms with Crippen LogP contribution in [0.1, 0.15) is 31.2 Å². The molecule has 1 unspecified atom stereocenters. The Labute approximate surface area is 189 Å². The topological polar surface area (TPSA) is 110 Å². The number of aromatic nitrogens is 4. The molecule has 3 aromatic heterocycles. The number of hydrogen-bond acceptors (Lipinski definition) is 8. The zero-order valence-corrected chi connectivity index (χ0v) is 19.6. The van der Waals surface area contributed by atoms with Gasteiger partial charge in [-0.1, -0.05) is 11.3 Å². The summed E-state index contributed by atoms with van der Waals surface area (Å²) >= 11 is 0.768. The average Bonchev–Trinajstić information content (AvgIpc) is 3.07. The summed E-state index contributed by atoms with van der Waals surface area (Å²) in [5.41, 5.74) is 1.39. The van der Waals surface area contributed by atoms with Crippen molar-refractivity contribution in [1.82, 2.24) is 24.3 Å². The summed E-state index contributed by atoms with van der Waals surface area (Å²) in [6, 6.07) is 1.74. The molecular formula is C18H20F2N6O3S3. The number of rotatable bonds is 7. The molecule has 4 heterocycles. The largest absolute Gasteiger partial charge is 0.366 e. The number of alkyl halides is 2. The van der Waals surface area contributed by atoms with Crippen LogP contribution in [0.3, 0.4) is 0 Å². The molecule has 0 aromatic carbocycles. The van der Waals surface area contributed by atoms with Crippen molar-refractivity contribution < 1.29 is 21.4 Å². The number of sulfone groups is 1. The van der Waals surface area contributed by atoms with Gasteiger partial charge in [-0.3, -0.25) is 4.40 Å². The van der Waals surface area contributed by atoms with Crippen molar-refractivity contribution in [2.24, 2.45) is 0 Å². The molecule has 14 heteroatoms. The van der Waals surface area contributed by atoms with E-state index < -0.39 is 37.5 Å². The van der Waals surface area contributed by atoms with Gasteiger partial charge in [0, 0.05) is 31.1 Å². The number of nitrogens with zero attached hydrogens (tertiary/aromatic N) is 5. The van der Waals surface area contributed by atoms with Gasteiger partial charge in [0.25, 0.3) is 6.43 Å². The third-order valence-corrected chi connectivity index (χ3v) is 9.55. The van der Waals surface area contributed by atoms with Gasteiger partial charge < -0.3 is 4.90 Å². The second-order valence-electron chi connectivity index (χ2n) is 8.43. The Morgan fingerprint density at radius 3 is 2.62 bits per heavy atom. The molecule has 1 saturated carbocycles. The minimum atomic E-state index is -3.17. The molecule has 1 atom stereocenters. The first-order chi connectivity index (χ1) is 15.0. The number of hydrogen-bond donors (Lipinski definition) is 1. The molecule has 0 amide bonds. The normalized spacial score (nSPS) is 19.5. The zero-order chi connectivity index (χ0) is 22.8. The summed E-state index contributed by atoms with van der Waals surface area (Å²) in [4.78, 5) is 6.77. The van der Waals surface area contributed by atoms with E-state index in [1.165, 1.54) is 12.5 Å². The molecule has 172 valence electrons. The Morgan fingerprint density at radius 2 is 2.03 bits per heavy atom. The highest BCUT2D eigenvalue weighted by molar-refractivity contribution is 7.91. The molecule has 5 rings (SSSR count). The third-order valence-electron chi connectivity index (χ3n) is 5.76. The summed E-state index contributed by atoms with van der Waals surface area (Å²) in [7, 11) is -4.70. The summed E-state index contributed by atoms with van der Waals surface area (Å²) in [6.45, 7) is 2.59. The molecule has 0 bridgehead atoms. The summed E-state index contributed by atoms with van der Waals surface area (Å²) in [5, 5.41) is 6.81. The number of halogens is 2. The van der Waals surface area contributed by atoms with Crippen LogP contribution in [0.2, 0.25) is 0 Å². The van der Waals surface area contributed by atoms with Crippen LogP contribution in [-0.2, 0) is 20.8 Å². The number of imidazole rings is 1. The predicted octanol–water partition coefficient (Wildman–Crippen LogP) is 2.19. The van der Waals surface area contributed by atoms with Crippen molar-refractivity contribution in [2.75, 3.05) is 24.2 Å². The molecule has 1 aliphatic carbocycles. The minimum Gasteiger partial charge on any atom is -0.366 e. The monoisotopic (exact) mass is 502 g/mol. The van der Waals surface area contributed by atoms with Crippen LogP contribution < -0.4 is 9.62 Å². The Hall–Kier alpha value is -2.03. The van der Waals surface area contributed by atoms with E-state index in [4.69, 9.17) is 0 Å². The Balaban J connectivity index is 1.58. The maximum Gasteiger partial charge on any atom is 0.291 e. The average molecular weight is 503 g/mol. The lowest BCUT2D eigenvalue weighted by molar-refractivity contribution is 0.150. The van der Waals surface area contributed by atoms with Gasteiger partial charge in [0.2, 0.25) is 0 Å². The van der Waals surface area contributed by atoms with Crippen LogP contribution in [-0.4, -0.2) is 62.3 Å². The molecule has 1 aliphatic heterocycles. The van der Waals surface area contributed by atoms with Crippen LogP contribution >= 0.6 is 11.3 Å². The maximum atomic E-state index is 13.0. The number of nitrogens with one attached hydrogen (secondary N) is 1. The first kappa shape index (κ1) is 21.8. The quantitative estimate of drug-likeness (QED) is 0.527. The van der Waals surface area contributed by atoms with Crippen molar-refractivity contribution in [3.05, 3.63) is 23.5 Å². The second-order valence-corrected chi connectivity index (χ2v) is 13.0. The van der Waals surface area contributed by atoms with Gasteiger partial charge in [-0.05, 0) is 25.8 Å². The van der Waals surface area contributed by atoms with Crippen molar-refractivity contribution in [3.8, 4) is 10.7 Å². The molecule has 2 aliphatic rings. The fourth-order valence-corrected chi connectivity index (χ4v) is 6.24. The lowest BCUT2D eigenvalue weighted by Crippen LogP contribution is -2.54. The molecule has 1 N–H and O–H groups in total. The predicted molar refractivity (Wildman–Crippen MR) is 117 cm³/mol. The highest BCUT2D eigenvalue weighted by Crippen LogP contribution is 2.37. The summed E-state index contributed by atoms with van der Waals surface area (Å²) < 4.78 is 67.5. The van der Waals surface area contributed by atoms with E-state index in [0.717, 1.165) is 24.2 Å². The fraction of sp³-hybridized carbons (Fsp3) is 0.500. The van der Waals surface area contributed by atoms with E-state index in [9.17, 15) is 21.4 Å². The van der Waals surface area contributed by atoms with Crippen LogP contribution in [0.5, 0.6) is 0 Å². The minimum absolute atomic E-state index is 0.179. The van der Waals surface area contributed by atoms with Gasteiger partial charge >= 0.3 is 0 Å². The molecule has 2 fully saturated rings. The second kappa shape index (κ2) is 7.50. The van der Waals surface area contributed by atoms with Crippen molar-refractivity contribution >= 4 is 43.5 Å². The van der Waals surface area contributed by atoms with Gasteiger partial charge in [0.1, 0.15) is 16.7 Å².